The van der Waals surface area contributed by atoms with Gasteiger partial charge in [0.05, 0.1) is 42.7 Å². The Balaban J connectivity index is 0.000000754. The van der Waals surface area contributed by atoms with E-state index in [4.69, 9.17) is 30.3 Å². The number of hydrogen-bond donors (Lipinski definition) is 6. The number of aromatic nitrogens is 7. The number of benzene rings is 2. The van der Waals surface area contributed by atoms with E-state index >= 15 is 0 Å². The lowest BCUT2D eigenvalue weighted by atomic mass is 10.1. The van der Waals surface area contributed by atoms with Crippen molar-refractivity contribution < 1.29 is 14.6 Å². The lowest BCUT2D eigenvalue weighted by Crippen LogP contribution is -2.47. The van der Waals surface area contributed by atoms with Gasteiger partial charge in [-0.25, -0.2) is 19.9 Å². The summed E-state index contributed by atoms with van der Waals surface area (Å²) in [4.78, 5) is 31.2. The van der Waals surface area contributed by atoms with Crippen LogP contribution < -0.4 is 46.3 Å². The van der Waals surface area contributed by atoms with Crippen molar-refractivity contribution in [3.05, 3.63) is 96.6 Å². The molecule has 0 atom stereocenters. The number of piperidine rings is 1. The Hall–Kier alpha value is -6.81. The van der Waals surface area contributed by atoms with E-state index in [1.165, 1.54) is 32.1 Å². The number of pyridine rings is 1. The summed E-state index contributed by atoms with van der Waals surface area (Å²) in [5, 5.41) is 26.8. The zero-order valence-electron chi connectivity index (χ0n) is 54.5. The predicted octanol–water partition coefficient (Wildman–Crippen LogP) is 10.1. The predicted molar refractivity (Wildman–Crippen MR) is 360 cm³/mol. The van der Waals surface area contributed by atoms with Crippen molar-refractivity contribution in [2.75, 3.05) is 159 Å². The Morgan fingerprint density at radius 3 is 2.20 bits per heavy atom. The smallest absolute Gasteiger partial charge is 0.227 e. The number of piperazine rings is 1. The molecule has 0 aliphatic carbocycles. The minimum absolute atomic E-state index is 0.250. The van der Waals surface area contributed by atoms with Crippen LogP contribution in [-0.4, -0.2) is 187 Å². The SMILES string of the molecule is CC.CC.CCCNCCCNC.CCO.CCc1cnn2c(NCc3ccc(OCCCN4CCN(CCCN(C)CCN(C)c5cc(OC)c(Nc6nccc(-c7cn(C)c8ccccc78)n6)cc5N)CC4)nc3)cc(N3CCCCC3)nc12. The van der Waals surface area contributed by atoms with Crippen LogP contribution in [0.1, 0.15) is 105 Å². The number of nitrogen functional groups attached to an aromatic ring is 1. The summed E-state index contributed by atoms with van der Waals surface area (Å²) in [6.07, 6.45) is 16.9. The van der Waals surface area contributed by atoms with Crippen molar-refractivity contribution in [3.8, 4) is 22.9 Å². The normalized spacial score (nSPS) is 13.4. The van der Waals surface area contributed by atoms with Gasteiger partial charge in [-0.05, 0) is 129 Å². The summed E-state index contributed by atoms with van der Waals surface area (Å²) >= 11 is 0. The fourth-order valence-corrected chi connectivity index (χ4v) is 10.4. The molecule has 0 spiro atoms. The fourth-order valence-electron chi connectivity index (χ4n) is 10.4. The highest BCUT2D eigenvalue weighted by Gasteiger charge is 2.20. The number of fused-ring (bicyclic) bond motifs is 2. The van der Waals surface area contributed by atoms with E-state index in [1.54, 1.807) is 20.2 Å². The van der Waals surface area contributed by atoms with Gasteiger partial charge in [0.15, 0.2) is 5.65 Å². The Labute approximate surface area is 515 Å². The number of ether oxygens (including phenoxy) is 2. The average molecular weight is 1190 g/mol. The van der Waals surface area contributed by atoms with Gasteiger partial charge in [-0.3, -0.25) is 0 Å². The summed E-state index contributed by atoms with van der Waals surface area (Å²) in [5.74, 6) is 3.79. The number of aryl methyl sites for hydroxylation is 2. The molecule has 0 bridgehead atoms. The number of rotatable bonds is 28. The average Bonchev–Trinajstić information content (AvgIpc) is 3.29. The number of anilines is 6. The molecule has 2 fully saturated rings. The zero-order chi connectivity index (χ0) is 62.1. The molecular weight excluding hydrogens is 1080 g/mol. The molecule has 2 aliphatic rings. The van der Waals surface area contributed by atoms with E-state index in [0.717, 1.165) is 167 Å². The molecule has 0 amide bonds. The van der Waals surface area contributed by atoms with E-state index in [9.17, 15) is 0 Å². The topological polar surface area (TPSA) is 203 Å². The molecule has 7 N–H and O–H groups in total. The molecule has 86 heavy (non-hydrogen) atoms. The second kappa shape index (κ2) is 39.1. The minimum atomic E-state index is 0.250. The first-order valence-corrected chi connectivity index (χ1v) is 31.9. The zero-order valence-corrected chi connectivity index (χ0v) is 54.5. The Bertz CT molecular complexity index is 2950. The molecule has 7 heterocycles. The minimum Gasteiger partial charge on any atom is -0.494 e. The van der Waals surface area contributed by atoms with Crippen molar-refractivity contribution in [1.29, 1.82) is 0 Å². The summed E-state index contributed by atoms with van der Waals surface area (Å²) in [6, 6.07) is 20.4. The molecule has 474 valence electrons. The van der Waals surface area contributed by atoms with Crippen LogP contribution in [0.4, 0.5) is 34.6 Å². The molecule has 9 rings (SSSR count). The Kier molecular flexibility index (Phi) is 31.8. The monoisotopic (exact) mass is 1190 g/mol. The van der Waals surface area contributed by atoms with Crippen LogP contribution in [0.3, 0.4) is 0 Å². The van der Waals surface area contributed by atoms with Crippen molar-refractivity contribution in [2.45, 2.75) is 106 Å². The molecule has 2 saturated heterocycles. The third-order valence-corrected chi connectivity index (χ3v) is 15.1. The van der Waals surface area contributed by atoms with Gasteiger partial charge in [-0.1, -0.05) is 65.8 Å². The van der Waals surface area contributed by atoms with Crippen LogP contribution in [0, 0.1) is 0 Å². The second-order valence-electron chi connectivity index (χ2n) is 21.3. The van der Waals surface area contributed by atoms with Gasteiger partial charge in [0, 0.05) is 145 Å². The number of aliphatic hydroxyl groups is 1. The molecule has 2 aliphatic heterocycles. The van der Waals surface area contributed by atoms with E-state index in [-0.39, 0.29) is 6.61 Å². The van der Waals surface area contributed by atoms with Gasteiger partial charge in [0.1, 0.15) is 17.4 Å². The third kappa shape index (κ3) is 21.6. The Morgan fingerprint density at radius 2 is 1.51 bits per heavy atom. The highest BCUT2D eigenvalue weighted by atomic mass is 16.5. The van der Waals surface area contributed by atoms with Gasteiger partial charge >= 0.3 is 0 Å². The van der Waals surface area contributed by atoms with Crippen molar-refractivity contribution in [2.24, 2.45) is 7.05 Å². The first kappa shape index (κ1) is 70.0. The summed E-state index contributed by atoms with van der Waals surface area (Å²) in [7, 11) is 9.99. The van der Waals surface area contributed by atoms with Gasteiger partial charge in [-0.2, -0.15) is 9.61 Å². The largest absolute Gasteiger partial charge is 0.494 e. The second-order valence-corrected chi connectivity index (χ2v) is 21.3. The first-order valence-electron chi connectivity index (χ1n) is 31.9. The molecule has 0 unspecified atom stereocenters. The highest BCUT2D eigenvalue weighted by Crippen LogP contribution is 2.37. The highest BCUT2D eigenvalue weighted by molar-refractivity contribution is 5.95. The number of hydrogen-bond acceptors (Lipinski definition) is 18. The molecule has 20 nitrogen and oxygen atoms in total. The van der Waals surface area contributed by atoms with Gasteiger partial charge in [0.2, 0.25) is 11.8 Å². The molecule has 7 aromatic rings. The van der Waals surface area contributed by atoms with E-state index in [2.05, 4.69) is 124 Å². The molecular formula is C66H107N17O3. The number of likely N-dealkylation sites (N-methyl/N-ethyl adjacent to an activating group) is 2. The summed E-state index contributed by atoms with van der Waals surface area (Å²) in [6.45, 7) is 30.4. The van der Waals surface area contributed by atoms with E-state index in [0.29, 0.717) is 42.1 Å². The van der Waals surface area contributed by atoms with Gasteiger partial charge in [0.25, 0.3) is 0 Å². The molecule has 0 saturated carbocycles. The van der Waals surface area contributed by atoms with E-state index < -0.39 is 0 Å². The number of para-hydroxylation sites is 1. The number of nitrogens with one attached hydrogen (secondary N) is 4. The standard InChI is InChI=1S/C53H71N15O2.C7H18N2.C2H6O.2C2H6/c1-6-40-37-58-68-49(34-50(61-52(40)68)67-23-10-7-11-24-67)56-35-39-16-17-51(57-36-39)70-31-13-22-66-29-27-65(28-30-66)21-12-20-62(2)25-26-63(3)47-33-48(69-5)45(32-43(47)54)60-53-55-19-18-44(59-53)42-38-64(4)46-15-9-8-14-41(42)46;1-3-5-9-7-4-6-8-2;1-2-3;2*1-2/h8-9,14-19,32-34,36-38,56H,6-7,10-13,20-31,35,54H2,1-5H3,(H,55,59,60);8-9H,3-7H2,1-2H3;3H,2H2,1H3;2*1-2H3. The maximum atomic E-state index is 7.57. The molecule has 5 aromatic heterocycles. The van der Waals surface area contributed by atoms with Crippen LogP contribution in [0.5, 0.6) is 11.6 Å². The number of nitrogens with two attached hydrogens (primary N) is 1. The fraction of sp³-hybridized carbons (Fsp3) is 0.561. The number of methoxy groups -OCH3 is 1. The lowest BCUT2D eigenvalue weighted by Gasteiger charge is -2.35. The molecule has 20 heteroatoms. The van der Waals surface area contributed by atoms with Gasteiger partial charge < -0.3 is 70.6 Å². The summed E-state index contributed by atoms with van der Waals surface area (Å²) < 4.78 is 16.0. The van der Waals surface area contributed by atoms with Crippen molar-refractivity contribution in [1.82, 2.24) is 59.5 Å². The number of nitrogens with zero attached hydrogens (tertiary/aromatic N) is 12. The van der Waals surface area contributed by atoms with Crippen LogP contribution in [0.2, 0.25) is 0 Å². The van der Waals surface area contributed by atoms with Crippen molar-refractivity contribution >= 4 is 51.2 Å². The molecule has 0 radical (unpaired) electrons. The van der Waals surface area contributed by atoms with E-state index in [1.807, 2.05) is 95.1 Å². The van der Waals surface area contributed by atoms with Crippen molar-refractivity contribution in [3.63, 3.8) is 0 Å². The molecule has 2 aromatic carbocycles. The van der Waals surface area contributed by atoms with Gasteiger partial charge in [-0.15, -0.1) is 0 Å². The maximum absolute atomic E-state index is 7.57. The quantitative estimate of drug-likeness (QED) is 0.0200. The third-order valence-electron chi connectivity index (χ3n) is 15.1. The van der Waals surface area contributed by atoms with Crippen LogP contribution >= 0.6 is 0 Å². The number of aliphatic hydroxyl groups excluding tert-OH is 1. The van der Waals surface area contributed by atoms with Crippen LogP contribution in [0.15, 0.2) is 85.5 Å². The lowest BCUT2D eigenvalue weighted by molar-refractivity contribution is 0.122. The first-order chi connectivity index (χ1) is 42.0. The summed E-state index contributed by atoms with van der Waals surface area (Å²) in [5.41, 5.74) is 15.2. The van der Waals surface area contributed by atoms with Crippen LogP contribution in [-0.2, 0) is 20.0 Å². The maximum Gasteiger partial charge on any atom is 0.227 e. The Morgan fingerprint density at radius 1 is 0.779 bits per heavy atom. The van der Waals surface area contributed by atoms with Crippen LogP contribution in [0.25, 0.3) is 27.8 Å².